The molecule has 0 aromatic heterocycles. The van der Waals surface area contributed by atoms with Crippen LogP contribution >= 0.6 is 15.9 Å². The Kier molecular flexibility index (Phi) is 4.20. The molecule has 0 saturated carbocycles. The molecular weight excluding hydrogens is 307 g/mol. The highest BCUT2D eigenvalue weighted by molar-refractivity contribution is 9.10. The molecule has 0 amide bonds. The van der Waals surface area contributed by atoms with Crippen LogP contribution in [-0.4, -0.2) is 42.0 Å². The smallest absolute Gasteiger partial charge is 0.124 e. The van der Waals surface area contributed by atoms with Gasteiger partial charge in [0.2, 0.25) is 0 Å². The molecule has 4 heteroatoms. The molecule has 1 aromatic rings. The van der Waals surface area contributed by atoms with E-state index in [-0.39, 0.29) is 5.82 Å². The van der Waals surface area contributed by atoms with Crippen LogP contribution in [0, 0.1) is 5.82 Å². The Morgan fingerprint density at radius 3 is 2.89 bits per heavy atom. The van der Waals surface area contributed by atoms with Crippen LogP contribution in [0.4, 0.5) is 4.39 Å². The molecule has 0 aliphatic carbocycles. The maximum absolute atomic E-state index is 13.1. The van der Waals surface area contributed by atoms with Crippen LogP contribution in [-0.2, 0) is 6.54 Å². The van der Waals surface area contributed by atoms with Crippen LogP contribution in [0.1, 0.15) is 24.8 Å². The van der Waals surface area contributed by atoms with Crippen molar-refractivity contribution >= 4 is 15.9 Å². The maximum Gasteiger partial charge on any atom is 0.124 e. The second-order valence-electron chi connectivity index (χ2n) is 5.66. The molecule has 3 rings (SSSR count). The Morgan fingerprint density at radius 1 is 1.21 bits per heavy atom. The number of rotatable bonds is 2. The lowest BCUT2D eigenvalue weighted by Crippen LogP contribution is -2.36. The van der Waals surface area contributed by atoms with Gasteiger partial charge < -0.3 is 0 Å². The third kappa shape index (κ3) is 3.18. The first-order valence-corrected chi connectivity index (χ1v) is 7.92. The molecule has 0 N–H and O–H groups in total. The van der Waals surface area contributed by atoms with Gasteiger partial charge in [-0.2, -0.15) is 0 Å². The molecule has 1 aromatic carbocycles. The van der Waals surface area contributed by atoms with E-state index in [1.807, 2.05) is 6.07 Å². The zero-order valence-electron chi connectivity index (χ0n) is 11.1. The Morgan fingerprint density at radius 2 is 2.05 bits per heavy atom. The molecule has 2 fully saturated rings. The number of benzene rings is 1. The summed E-state index contributed by atoms with van der Waals surface area (Å²) < 4.78 is 14.0. The zero-order valence-corrected chi connectivity index (χ0v) is 12.7. The fourth-order valence-corrected chi connectivity index (χ4v) is 3.79. The molecule has 1 unspecified atom stereocenters. The summed E-state index contributed by atoms with van der Waals surface area (Å²) in [6.07, 6.45) is 3.93. The predicted octanol–water partition coefficient (Wildman–Crippen LogP) is 3.26. The molecular formula is C15H20BrFN2. The van der Waals surface area contributed by atoms with Gasteiger partial charge >= 0.3 is 0 Å². The molecule has 2 nitrogen and oxygen atoms in total. The molecule has 0 spiro atoms. The van der Waals surface area contributed by atoms with Crippen LogP contribution < -0.4 is 0 Å². The van der Waals surface area contributed by atoms with E-state index in [1.165, 1.54) is 37.9 Å². The fourth-order valence-electron chi connectivity index (χ4n) is 3.32. The van der Waals surface area contributed by atoms with Crippen LogP contribution in [0.25, 0.3) is 0 Å². The highest BCUT2D eigenvalue weighted by Gasteiger charge is 2.28. The van der Waals surface area contributed by atoms with E-state index in [9.17, 15) is 4.39 Å². The topological polar surface area (TPSA) is 6.48 Å². The molecule has 104 valence electrons. The molecule has 0 bridgehead atoms. The van der Waals surface area contributed by atoms with E-state index < -0.39 is 0 Å². The largest absolute Gasteiger partial charge is 0.299 e. The van der Waals surface area contributed by atoms with Crippen molar-refractivity contribution in [2.75, 3.05) is 26.2 Å². The second kappa shape index (κ2) is 5.90. The molecule has 19 heavy (non-hydrogen) atoms. The number of fused-ring (bicyclic) bond motifs is 1. The molecule has 2 aliphatic heterocycles. The first-order valence-electron chi connectivity index (χ1n) is 7.13. The van der Waals surface area contributed by atoms with Crippen molar-refractivity contribution in [1.29, 1.82) is 0 Å². The van der Waals surface area contributed by atoms with Crippen molar-refractivity contribution in [2.45, 2.75) is 31.8 Å². The maximum atomic E-state index is 13.1. The van der Waals surface area contributed by atoms with Crippen molar-refractivity contribution in [2.24, 2.45) is 0 Å². The third-order valence-electron chi connectivity index (χ3n) is 4.30. The normalized spacial score (nSPS) is 25.3. The Hall–Kier alpha value is -0.450. The summed E-state index contributed by atoms with van der Waals surface area (Å²) in [5.74, 6) is -0.173. The summed E-state index contributed by atoms with van der Waals surface area (Å²) >= 11 is 3.47. The average Bonchev–Trinajstić information content (AvgIpc) is 2.72. The monoisotopic (exact) mass is 326 g/mol. The SMILES string of the molecule is Fc1ccc(CN2CCCN3CCCC3C2)c(Br)c1. The van der Waals surface area contributed by atoms with E-state index in [4.69, 9.17) is 0 Å². The second-order valence-corrected chi connectivity index (χ2v) is 6.51. The van der Waals surface area contributed by atoms with E-state index in [0.29, 0.717) is 0 Å². The summed E-state index contributed by atoms with van der Waals surface area (Å²) in [6, 6.07) is 5.76. The van der Waals surface area contributed by atoms with Gasteiger partial charge in [0.1, 0.15) is 5.82 Å². The van der Waals surface area contributed by atoms with Crippen molar-refractivity contribution in [3.8, 4) is 0 Å². The van der Waals surface area contributed by atoms with E-state index in [2.05, 4.69) is 25.7 Å². The van der Waals surface area contributed by atoms with Gasteiger partial charge in [0.15, 0.2) is 0 Å². The van der Waals surface area contributed by atoms with Gasteiger partial charge in [-0.05, 0) is 56.6 Å². The van der Waals surface area contributed by atoms with Crippen molar-refractivity contribution in [3.63, 3.8) is 0 Å². The fraction of sp³-hybridized carbons (Fsp3) is 0.600. The first kappa shape index (κ1) is 13.5. The average molecular weight is 327 g/mol. The van der Waals surface area contributed by atoms with Crippen molar-refractivity contribution in [3.05, 3.63) is 34.1 Å². The number of halogens is 2. The number of hydrogen-bond acceptors (Lipinski definition) is 2. The molecule has 2 saturated heterocycles. The lowest BCUT2D eigenvalue weighted by molar-refractivity contribution is 0.215. The molecule has 1 atom stereocenters. The van der Waals surface area contributed by atoms with Gasteiger partial charge in [0.05, 0.1) is 0 Å². The van der Waals surface area contributed by atoms with Crippen molar-refractivity contribution < 1.29 is 4.39 Å². The first-order chi connectivity index (χ1) is 9.22. The van der Waals surface area contributed by atoms with Crippen LogP contribution in [0.5, 0.6) is 0 Å². The standard InChI is InChI=1S/C15H20BrFN2/c16-15-9-13(17)5-4-12(15)10-18-6-2-8-19-7-1-3-14(19)11-18/h4-5,9,14H,1-3,6-8,10-11H2. The van der Waals surface area contributed by atoms with Crippen LogP contribution in [0.15, 0.2) is 22.7 Å². The highest BCUT2D eigenvalue weighted by Crippen LogP contribution is 2.24. The van der Waals surface area contributed by atoms with E-state index >= 15 is 0 Å². The summed E-state index contributed by atoms with van der Waals surface area (Å²) in [4.78, 5) is 5.16. The van der Waals surface area contributed by atoms with Crippen LogP contribution in [0.3, 0.4) is 0 Å². The molecule has 2 aliphatic rings. The zero-order chi connectivity index (χ0) is 13.2. The van der Waals surface area contributed by atoms with Crippen molar-refractivity contribution in [1.82, 2.24) is 9.80 Å². The lowest BCUT2D eigenvalue weighted by Gasteiger charge is -2.25. The van der Waals surface area contributed by atoms with Gasteiger partial charge in [-0.1, -0.05) is 22.0 Å². The van der Waals surface area contributed by atoms with E-state index in [0.717, 1.165) is 30.1 Å². The molecule has 2 heterocycles. The Labute approximate surface area is 122 Å². The summed E-state index contributed by atoms with van der Waals surface area (Å²) in [6.45, 7) is 5.75. The minimum Gasteiger partial charge on any atom is -0.299 e. The molecule has 0 radical (unpaired) electrons. The Bertz CT molecular complexity index is 452. The van der Waals surface area contributed by atoms with Gasteiger partial charge in [-0.3, -0.25) is 9.80 Å². The minimum absolute atomic E-state index is 0.173. The summed E-state index contributed by atoms with van der Waals surface area (Å²) in [5.41, 5.74) is 1.19. The minimum atomic E-state index is -0.173. The van der Waals surface area contributed by atoms with Gasteiger partial charge in [-0.15, -0.1) is 0 Å². The number of hydrogen-bond donors (Lipinski definition) is 0. The van der Waals surface area contributed by atoms with E-state index in [1.54, 1.807) is 12.1 Å². The number of nitrogens with zero attached hydrogens (tertiary/aromatic N) is 2. The van der Waals surface area contributed by atoms with Gasteiger partial charge in [-0.25, -0.2) is 4.39 Å². The third-order valence-corrected chi connectivity index (χ3v) is 5.03. The summed E-state index contributed by atoms with van der Waals surface area (Å²) in [7, 11) is 0. The van der Waals surface area contributed by atoms with Gasteiger partial charge in [0, 0.05) is 23.6 Å². The Balaban J connectivity index is 1.68. The quantitative estimate of drug-likeness (QED) is 0.823. The van der Waals surface area contributed by atoms with Crippen LogP contribution in [0.2, 0.25) is 0 Å². The highest BCUT2D eigenvalue weighted by atomic mass is 79.9. The van der Waals surface area contributed by atoms with Gasteiger partial charge in [0.25, 0.3) is 0 Å². The summed E-state index contributed by atoms with van der Waals surface area (Å²) in [5, 5.41) is 0. The predicted molar refractivity (Wildman–Crippen MR) is 78.6 cm³/mol. The lowest BCUT2D eigenvalue weighted by atomic mass is 10.1.